The van der Waals surface area contributed by atoms with Gasteiger partial charge in [-0.1, -0.05) is 18.2 Å². The summed E-state index contributed by atoms with van der Waals surface area (Å²) in [5.41, 5.74) is 2.06. The van der Waals surface area contributed by atoms with Crippen molar-refractivity contribution in [2.45, 2.75) is 20.0 Å². The number of hydrogen-bond donors (Lipinski definition) is 2. The van der Waals surface area contributed by atoms with E-state index in [0.717, 1.165) is 5.56 Å². The lowest BCUT2D eigenvalue weighted by Crippen LogP contribution is -2.30. The van der Waals surface area contributed by atoms with E-state index in [1.807, 2.05) is 31.2 Å². The van der Waals surface area contributed by atoms with E-state index in [9.17, 15) is 9.59 Å². The van der Waals surface area contributed by atoms with Crippen LogP contribution in [-0.4, -0.2) is 38.2 Å². The molecule has 2 N–H and O–H groups in total. The van der Waals surface area contributed by atoms with Crippen molar-refractivity contribution in [1.82, 2.24) is 5.32 Å². The standard InChI is InChI=1S/C20H24N2O4/c1-14-6-4-9-18(12-14)26-15(2)19(23)22-17-8-5-7-16(13-17)20(24)21-10-11-25-3/h4-9,12-13,15H,10-11H2,1-3H3,(H,21,24)(H,22,23). The molecule has 0 aliphatic carbocycles. The minimum Gasteiger partial charge on any atom is -0.481 e. The highest BCUT2D eigenvalue weighted by molar-refractivity contribution is 5.98. The molecule has 0 bridgehead atoms. The quantitative estimate of drug-likeness (QED) is 0.713. The van der Waals surface area contributed by atoms with Crippen LogP contribution < -0.4 is 15.4 Å². The predicted octanol–water partition coefficient (Wildman–Crippen LogP) is 2.78. The number of amides is 2. The molecule has 0 aliphatic heterocycles. The Morgan fingerprint density at radius 2 is 1.88 bits per heavy atom. The first kappa shape index (κ1) is 19.5. The number of nitrogens with one attached hydrogen (secondary N) is 2. The fraction of sp³-hybridized carbons (Fsp3) is 0.300. The number of carbonyl (C=O) groups excluding carboxylic acids is 2. The highest BCUT2D eigenvalue weighted by Crippen LogP contribution is 2.16. The van der Waals surface area contributed by atoms with Crippen molar-refractivity contribution in [2.24, 2.45) is 0 Å². The van der Waals surface area contributed by atoms with E-state index in [2.05, 4.69) is 10.6 Å². The van der Waals surface area contributed by atoms with Crippen LogP contribution in [0.15, 0.2) is 48.5 Å². The summed E-state index contributed by atoms with van der Waals surface area (Å²) in [5.74, 6) is 0.129. The van der Waals surface area contributed by atoms with Gasteiger partial charge in [0.2, 0.25) is 0 Å². The lowest BCUT2D eigenvalue weighted by atomic mass is 10.2. The Balaban J connectivity index is 1.95. The second-order valence-corrected chi connectivity index (χ2v) is 5.90. The van der Waals surface area contributed by atoms with Gasteiger partial charge >= 0.3 is 0 Å². The molecule has 0 heterocycles. The maximum atomic E-state index is 12.3. The number of anilines is 1. The van der Waals surface area contributed by atoms with Gasteiger partial charge in [-0.25, -0.2) is 0 Å². The van der Waals surface area contributed by atoms with Gasteiger partial charge in [-0.05, 0) is 49.7 Å². The predicted molar refractivity (Wildman–Crippen MR) is 101 cm³/mol. The Bertz CT molecular complexity index is 761. The van der Waals surface area contributed by atoms with Gasteiger partial charge in [0, 0.05) is 24.9 Å². The van der Waals surface area contributed by atoms with E-state index in [-0.39, 0.29) is 11.8 Å². The second kappa shape index (κ2) is 9.58. The molecule has 0 radical (unpaired) electrons. The molecule has 0 fully saturated rings. The number of rotatable bonds is 8. The number of hydrogen-bond acceptors (Lipinski definition) is 4. The Morgan fingerprint density at radius 3 is 2.62 bits per heavy atom. The van der Waals surface area contributed by atoms with Crippen LogP contribution in [0.1, 0.15) is 22.8 Å². The Kier molecular flexibility index (Phi) is 7.17. The Morgan fingerprint density at radius 1 is 1.12 bits per heavy atom. The minimum absolute atomic E-state index is 0.220. The van der Waals surface area contributed by atoms with Crippen LogP contribution in [0.2, 0.25) is 0 Å². The third-order valence-corrected chi connectivity index (χ3v) is 3.66. The SMILES string of the molecule is COCCNC(=O)c1cccc(NC(=O)C(C)Oc2cccc(C)c2)c1. The first-order chi connectivity index (χ1) is 12.5. The molecule has 2 aromatic carbocycles. The zero-order chi connectivity index (χ0) is 18.9. The summed E-state index contributed by atoms with van der Waals surface area (Å²) in [5, 5.41) is 5.51. The van der Waals surface area contributed by atoms with Crippen LogP contribution in [-0.2, 0) is 9.53 Å². The zero-order valence-electron chi connectivity index (χ0n) is 15.2. The smallest absolute Gasteiger partial charge is 0.265 e. The third-order valence-electron chi connectivity index (χ3n) is 3.66. The molecular formula is C20H24N2O4. The van der Waals surface area contributed by atoms with Gasteiger partial charge in [0.1, 0.15) is 5.75 Å². The van der Waals surface area contributed by atoms with Crippen molar-refractivity contribution in [3.05, 3.63) is 59.7 Å². The summed E-state index contributed by atoms with van der Waals surface area (Å²) in [6.45, 7) is 4.50. The number of carbonyl (C=O) groups is 2. The zero-order valence-corrected chi connectivity index (χ0v) is 15.2. The van der Waals surface area contributed by atoms with Crippen LogP contribution in [0.3, 0.4) is 0 Å². The summed E-state index contributed by atoms with van der Waals surface area (Å²) in [6, 6.07) is 14.3. The highest BCUT2D eigenvalue weighted by atomic mass is 16.5. The average Bonchev–Trinajstić information content (AvgIpc) is 2.62. The van der Waals surface area contributed by atoms with Gasteiger partial charge in [0.05, 0.1) is 6.61 Å². The van der Waals surface area contributed by atoms with Crippen LogP contribution >= 0.6 is 0 Å². The molecule has 1 unspecified atom stereocenters. The van der Waals surface area contributed by atoms with Gasteiger partial charge in [-0.3, -0.25) is 9.59 Å². The largest absolute Gasteiger partial charge is 0.481 e. The lowest BCUT2D eigenvalue weighted by molar-refractivity contribution is -0.122. The maximum absolute atomic E-state index is 12.3. The van der Waals surface area contributed by atoms with Crippen LogP contribution in [0.4, 0.5) is 5.69 Å². The van der Waals surface area contributed by atoms with Crippen molar-refractivity contribution in [1.29, 1.82) is 0 Å². The number of methoxy groups -OCH3 is 1. The van der Waals surface area contributed by atoms with Crippen molar-refractivity contribution in [3.63, 3.8) is 0 Å². The van der Waals surface area contributed by atoms with E-state index in [1.54, 1.807) is 38.3 Å². The summed E-state index contributed by atoms with van der Waals surface area (Å²) in [6.07, 6.45) is -0.670. The molecule has 6 heteroatoms. The molecule has 0 spiro atoms. The van der Waals surface area contributed by atoms with Crippen molar-refractivity contribution < 1.29 is 19.1 Å². The second-order valence-electron chi connectivity index (χ2n) is 5.90. The Hall–Kier alpha value is -2.86. The van der Waals surface area contributed by atoms with Gasteiger partial charge in [0.25, 0.3) is 11.8 Å². The molecule has 1 atom stereocenters. The van der Waals surface area contributed by atoms with Crippen LogP contribution in [0.25, 0.3) is 0 Å². The first-order valence-electron chi connectivity index (χ1n) is 8.41. The minimum atomic E-state index is -0.670. The summed E-state index contributed by atoms with van der Waals surface area (Å²) in [7, 11) is 1.57. The highest BCUT2D eigenvalue weighted by Gasteiger charge is 2.15. The average molecular weight is 356 g/mol. The fourth-order valence-corrected chi connectivity index (χ4v) is 2.30. The molecule has 138 valence electrons. The normalized spacial score (nSPS) is 11.5. The van der Waals surface area contributed by atoms with E-state index in [4.69, 9.17) is 9.47 Å². The van der Waals surface area contributed by atoms with E-state index < -0.39 is 6.10 Å². The van der Waals surface area contributed by atoms with Crippen molar-refractivity contribution >= 4 is 17.5 Å². The van der Waals surface area contributed by atoms with Gasteiger partial charge < -0.3 is 20.1 Å². The molecule has 0 saturated heterocycles. The molecule has 6 nitrogen and oxygen atoms in total. The van der Waals surface area contributed by atoms with E-state index >= 15 is 0 Å². The first-order valence-corrected chi connectivity index (χ1v) is 8.41. The molecule has 2 aromatic rings. The summed E-state index contributed by atoms with van der Waals surface area (Å²) in [4.78, 5) is 24.4. The topological polar surface area (TPSA) is 76.7 Å². The van der Waals surface area contributed by atoms with Crippen molar-refractivity contribution in [3.8, 4) is 5.75 Å². The maximum Gasteiger partial charge on any atom is 0.265 e. The monoisotopic (exact) mass is 356 g/mol. The molecular weight excluding hydrogens is 332 g/mol. The number of ether oxygens (including phenoxy) is 2. The van der Waals surface area contributed by atoms with Crippen LogP contribution in [0.5, 0.6) is 5.75 Å². The van der Waals surface area contributed by atoms with Gasteiger partial charge in [-0.15, -0.1) is 0 Å². The summed E-state index contributed by atoms with van der Waals surface area (Å²) < 4.78 is 10.6. The summed E-state index contributed by atoms with van der Waals surface area (Å²) >= 11 is 0. The molecule has 0 aromatic heterocycles. The van der Waals surface area contributed by atoms with E-state index in [1.165, 1.54) is 0 Å². The molecule has 26 heavy (non-hydrogen) atoms. The lowest BCUT2D eigenvalue weighted by Gasteiger charge is -2.15. The molecule has 2 amide bonds. The molecule has 0 saturated carbocycles. The van der Waals surface area contributed by atoms with Gasteiger partial charge in [-0.2, -0.15) is 0 Å². The Labute approximate surface area is 153 Å². The van der Waals surface area contributed by atoms with Crippen molar-refractivity contribution in [2.75, 3.05) is 25.6 Å². The third kappa shape index (κ3) is 5.89. The van der Waals surface area contributed by atoms with Gasteiger partial charge in [0.15, 0.2) is 6.10 Å². The number of aryl methyl sites for hydroxylation is 1. The number of benzene rings is 2. The fourth-order valence-electron chi connectivity index (χ4n) is 2.30. The molecule has 0 aliphatic rings. The van der Waals surface area contributed by atoms with Crippen LogP contribution in [0, 0.1) is 6.92 Å². The molecule has 2 rings (SSSR count). The van der Waals surface area contributed by atoms with E-state index in [0.29, 0.717) is 30.2 Å².